The molecule has 2 aromatic heterocycles. The molecule has 2 N–H and O–H groups in total. The van der Waals surface area contributed by atoms with Gasteiger partial charge in [-0.25, -0.2) is 4.98 Å². The second kappa shape index (κ2) is 3.70. The molecule has 14 heavy (non-hydrogen) atoms. The van der Waals surface area contributed by atoms with E-state index in [9.17, 15) is 0 Å². The van der Waals surface area contributed by atoms with E-state index in [1.165, 1.54) is 0 Å². The first kappa shape index (κ1) is 9.67. The van der Waals surface area contributed by atoms with Crippen molar-refractivity contribution in [3.8, 4) is 0 Å². The topological polar surface area (TPSA) is 69.6 Å². The van der Waals surface area contributed by atoms with Gasteiger partial charge in [0.2, 0.25) is 5.95 Å². The molecular formula is C7H7BrClN5. The number of anilines is 1. The Hall–Kier alpha value is -0.880. The Kier molecular flexibility index (Phi) is 2.56. The number of fused-ring (bicyclic) bond motifs is 1. The van der Waals surface area contributed by atoms with E-state index < -0.39 is 0 Å². The van der Waals surface area contributed by atoms with Gasteiger partial charge in [-0.1, -0.05) is 27.5 Å². The molecule has 2 aromatic rings. The van der Waals surface area contributed by atoms with Gasteiger partial charge in [-0.2, -0.15) is 9.97 Å². The van der Waals surface area contributed by atoms with Crippen LogP contribution in [0.4, 0.5) is 5.95 Å². The van der Waals surface area contributed by atoms with Crippen molar-refractivity contribution in [1.29, 1.82) is 0 Å². The van der Waals surface area contributed by atoms with Gasteiger partial charge < -0.3 is 10.3 Å². The van der Waals surface area contributed by atoms with Crippen LogP contribution in [0, 0.1) is 0 Å². The van der Waals surface area contributed by atoms with Crippen LogP contribution in [-0.2, 0) is 6.54 Å². The van der Waals surface area contributed by atoms with E-state index in [-0.39, 0.29) is 5.95 Å². The molecule has 0 atom stereocenters. The van der Waals surface area contributed by atoms with Gasteiger partial charge in [0.1, 0.15) is 5.52 Å². The number of nitrogens with two attached hydrogens (primary N) is 1. The summed E-state index contributed by atoms with van der Waals surface area (Å²) in [6.07, 6.45) is 1.67. The molecule has 0 aliphatic carbocycles. The molecule has 0 unspecified atom stereocenters. The standard InChI is InChI=1S/C7H7BrClN5/c8-1-2-14-3-11-4-5(9)12-7(10)13-6(4)14/h3H,1-2H2,(H2,10,12,13). The molecule has 0 saturated carbocycles. The lowest BCUT2D eigenvalue weighted by Gasteiger charge is -2.00. The number of aryl methyl sites for hydroxylation is 1. The summed E-state index contributed by atoms with van der Waals surface area (Å²) in [5.41, 5.74) is 6.74. The number of rotatable bonds is 2. The predicted molar refractivity (Wildman–Crippen MR) is 58.5 cm³/mol. The summed E-state index contributed by atoms with van der Waals surface area (Å²) >= 11 is 9.19. The van der Waals surface area contributed by atoms with Gasteiger partial charge in [0.05, 0.1) is 6.33 Å². The largest absolute Gasteiger partial charge is 0.368 e. The van der Waals surface area contributed by atoms with E-state index in [0.29, 0.717) is 16.3 Å². The molecule has 0 aliphatic heterocycles. The fourth-order valence-corrected chi connectivity index (χ4v) is 1.78. The molecular weight excluding hydrogens is 269 g/mol. The summed E-state index contributed by atoms with van der Waals surface area (Å²) in [6, 6.07) is 0. The second-order valence-electron chi connectivity index (χ2n) is 2.67. The first-order valence-corrected chi connectivity index (χ1v) is 5.42. The van der Waals surface area contributed by atoms with Gasteiger partial charge in [-0.15, -0.1) is 0 Å². The molecule has 0 amide bonds. The predicted octanol–water partition coefficient (Wildman–Crippen LogP) is 1.46. The second-order valence-corrected chi connectivity index (χ2v) is 3.82. The molecule has 2 heterocycles. The molecule has 0 radical (unpaired) electrons. The van der Waals surface area contributed by atoms with Crippen molar-refractivity contribution >= 4 is 44.6 Å². The lowest BCUT2D eigenvalue weighted by Crippen LogP contribution is -2.01. The SMILES string of the molecule is Nc1nc(Cl)c2ncn(CCBr)c2n1. The zero-order valence-corrected chi connectivity index (χ0v) is 9.46. The van der Waals surface area contributed by atoms with E-state index in [1.807, 2.05) is 4.57 Å². The van der Waals surface area contributed by atoms with Crippen molar-refractivity contribution in [2.45, 2.75) is 6.54 Å². The number of nitrogen functional groups attached to an aromatic ring is 1. The fraction of sp³-hybridized carbons (Fsp3) is 0.286. The molecule has 7 heteroatoms. The lowest BCUT2D eigenvalue weighted by atomic mass is 10.5. The normalized spacial score (nSPS) is 11.0. The zero-order chi connectivity index (χ0) is 10.1. The Labute approximate surface area is 93.4 Å². The molecule has 0 spiro atoms. The van der Waals surface area contributed by atoms with Crippen molar-refractivity contribution in [2.24, 2.45) is 0 Å². The van der Waals surface area contributed by atoms with Gasteiger partial charge in [0, 0.05) is 11.9 Å². The van der Waals surface area contributed by atoms with Gasteiger partial charge in [-0.05, 0) is 0 Å². The third-order valence-corrected chi connectivity index (χ3v) is 2.38. The van der Waals surface area contributed by atoms with Crippen LogP contribution < -0.4 is 5.73 Å². The highest BCUT2D eigenvalue weighted by molar-refractivity contribution is 9.09. The van der Waals surface area contributed by atoms with Gasteiger partial charge in [0.15, 0.2) is 10.8 Å². The summed E-state index contributed by atoms with van der Waals surface area (Å²) in [6.45, 7) is 0.767. The fourth-order valence-electron chi connectivity index (χ4n) is 1.18. The molecule has 0 bridgehead atoms. The van der Waals surface area contributed by atoms with Crippen LogP contribution in [0.25, 0.3) is 11.2 Å². The molecule has 5 nitrogen and oxygen atoms in total. The van der Waals surface area contributed by atoms with E-state index >= 15 is 0 Å². The highest BCUT2D eigenvalue weighted by atomic mass is 79.9. The first-order valence-electron chi connectivity index (χ1n) is 3.92. The van der Waals surface area contributed by atoms with Gasteiger partial charge in [-0.3, -0.25) is 0 Å². The number of aromatic nitrogens is 4. The molecule has 0 fully saturated rings. The van der Waals surface area contributed by atoms with E-state index in [1.54, 1.807) is 6.33 Å². The monoisotopic (exact) mass is 275 g/mol. The average molecular weight is 277 g/mol. The smallest absolute Gasteiger partial charge is 0.223 e. The minimum absolute atomic E-state index is 0.166. The number of halogens is 2. The minimum Gasteiger partial charge on any atom is -0.368 e. The maximum atomic E-state index is 5.86. The van der Waals surface area contributed by atoms with Gasteiger partial charge in [0.25, 0.3) is 0 Å². The maximum absolute atomic E-state index is 5.86. The van der Waals surface area contributed by atoms with Crippen LogP contribution in [0.5, 0.6) is 0 Å². The Morgan fingerprint density at radius 1 is 1.50 bits per heavy atom. The van der Waals surface area contributed by atoms with Crippen LogP contribution in [-0.4, -0.2) is 24.8 Å². The average Bonchev–Trinajstić information content (AvgIpc) is 2.49. The summed E-state index contributed by atoms with van der Waals surface area (Å²) in [4.78, 5) is 12.0. The zero-order valence-electron chi connectivity index (χ0n) is 7.11. The summed E-state index contributed by atoms with van der Waals surface area (Å²) in [5.74, 6) is 0.166. The Morgan fingerprint density at radius 3 is 3.00 bits per heavy atom. The Balaban J connectivity index is 2.66. The van der Waals surface area contributed by atoms with Gasteiger partial charge >= 0.3 is 0 Å². The first-order chi connectivity index (χ1) is 6.72. The van der Waals surface area contributed by atoms with Crippen molar-refractivity contribution in [3.63, 3.8) is 0 Å². The van der Waals surface area contributed by atoms with Crippen molar-refractivity contribution < 1.29 is 0 Å². The Morgan fingerprint density at radius 2 is 2.29 bits per heavy atom. The number of imidazole rings is 1. The molecule has 0 aromatic carbocycles. The Bertz CT molecular complexity index is 468. The van der Waals surface area contributed by atoms with E-state index in [2.05, 4.69) is 30.9 Å². The highest BCUT2D eigenvalue weighted by Gasteiger charge is 2.09. The van der Waals surface area contributed by atoms with Crippen LogP contribution in [0.3, 0.4) is 0 Å². The quantitative estimate of drug-likeness (QED) is 0.666. The van der Waals surface area contributed by atoms with E-state index in [4.69, 9.17) is 17.3 Å². The van der Waals surface area contributed by atoms with E-state index in [0.717, 1.165) is 11.9 Å². The summed E-state index contributed by atoms with van der Waals surface area (Å²) in [7, 11) is 0. The van der Waals surface area contributed by atoms with Crippen LogP contribution >= 0.6 is 27.5 Å². The van der Waals surface area contributed by atoms with Crippen LogP contribution in [0.1, 0.15) is 0 Å². The number of hydrogen-bond donors (Lipinski definition) is 1. The van der Waals surface area contributed by atoms with Crippen LogP contribution in [0.15, 0.2) is 6.33 Å². The van der Waals surface area contributed by atoms with Crippen molar-refractivity contribution in [3.05, 3.63) is 11.5 Å². The van der Waals surface area contributed by atoms with Crippen molar-refractivity contribution in [2.75, 3.05) is 11.1 Å². The molecule has 74 valence electrons. The van der Waals surface area contributed by atoms with Crippen molar-refractivity contribution in [1.82, 2.24) is 19.5 Å². The minimum atomic E-state index is 0.166. The molecule has 2 rings (SSSR count). The van der Waals surface area contributed by atoms with Crippen LogP contribution in [0.2, 0.25) is 5.15 Å². The number of hydrogen-bond acceptors (Lipinski definition) is 4. The number of alkyl halides is 1. The third kappa shape index (κ3) is 1.55. The third-order valence-electron chi connectivity index (χ3n) is 1.76. The lowest BCUT2D eigenvalue weighted by molar-refractivity contribution is 0.791. The number of nitrogens with zero attached hydrogens (tertiary/aromatic N) is 4. The molecule has 0 saturated heterocycles. The molecule has 0 aliphatic rings. The summed E-state index contributed by atoms with van der Waals surface area (Å²) in [5, 5.41) is 1.11. The highest BCUT2D eigenvalue weighted by Crippen LogP contribution is 2.19. The maximum Gasteiger partial charge on any atom is 0.223 e. The summed E-state index contributed by atoms with van der Waals surface area (Å²) < 4.78 is 1.87.